The molecule has 4 aliphatic rings. The predicted molar refractivity (Wildman–Crippen MR) is 272 cm³/mol. The van der Waals surface area contributed by atoms with E-state index in [1.807, 2.05) is 6.08 Å². The fraction of sp³-hybridized carbons (Fsp3) is 0.492. The summed E-state index contributed by atoms with van der Waals surface area (Å²) in [6.45, 7) is 12.5. The minimum Gasteiger partial charge on any atom is -0.478 e. The maximum atomic E-state index is 13.1. The topological polar surface area (TPSA) is 127 Å². The van der Waals surface area contributed by atoms with Crippen LogP contribution in [0.2, 0.25) is 10.0 Å². The molecule has 2 N–H and O–H groups in total. The van der Waals surface area contributed by atoms with Crippen LogP contribution in [0.4, 0.5) is 0 Å². The normalized spacial score (nSPS) is 26.5. The van der Waals surface area contributed by atoms with Gasteiger partial charge in [-0.25, -0.2) is 19.2 Å². The first-order valence-corrected chi connectivity index (χ1v) is 26.1. The van der Waals surface area contributed by atoms with E-state index in [-0.39, 0.29) is 43.8 Å². The number of esters is 2. The Morgan fingerprint density at radius 3 is 1.74 bits per heavy atom. The average Bonchev–Trinajstić information content (AvgIpc) is 3.69. The van der Waals surface area contributed by atoms with Crippen molar-refractivity contribution in [3.05, 3.63) is 134 Å². The SMILES string of the molecule is CC(C)CCC[C@@H](C)[C@H]1CC[C@H]2[C@@H]3CC[C@H]4C[C@@H](CCC=C(c5cc(Cl)c(OC(=O)c6ccccc6)c(C(=O)O)c5)c5cc(Cl)c(OC(=O)c6ccccc6)c(C(=O)O)c5)CC[C@]4(C)[C@H]3CC[C@]12C. The van der Waals surface area contributed by atoms with Crippen molar-refractivity contribution in [2.45, 2.75) is 125 Å². The lowest BCUT2D eigenvalue weighted by Gasteiger charge is -2.61. The van der Waals surface area contributed by atoms with E-state index in [0.29, 0.717) is 45.8 Å². The van der Waals surface area contributed by atoms with Gasteiger partial charge >= 0.3 is 23.9 Å². The van der Waals surface area contributed by atoms with Crippen LogP contribution in [0, 0.1) is 58.2 Å². The first-order chi connectivity index (χ1) is 33.0. The molecular formula is C59H68Cl2O8. The molecule has 4 fully saturated rings. The van der Waals surface area contributed by atoms with Crippen LogP contribution in [0.25, 0.3) is 5.57 Å². The average molecular weight is 976 g/mol. The summed E-state index contributed by atoms with van der Waals surface area (Å²) >= 11 is 13.6. The number of hydrogen-bond donors (Lipinski definition) is 2. The summed E-state index contributed by atoms with van der Waals surface area (Å²) in [7, 11) is 0. The van der Waals surface area contributed by atoms with Gasteiger partial charge in [0.15, 0.2) is 11.5 Å². The molecule has 8 rings (SSSR count). The highest BCUT2D eigenvalue weighted by atomic mass is 35.5. The highest BCUT2D eigenvalue weighted by Crippen LogP contribution is 2.69. The number of carboxylic acids is 2. The Labute approximate surface area is 418 Å². The molecule has 0 heterocycles. The lowest BCUT2D eigenvalue weighted by Crippen LogP contribution is -2.53. The summed E-state index contributed by atoms with van der Waals surface area (Å²) in [5.41, 5.74) is 1.75. The fourth-order valence-corrected chi connectivity index (χ4v) is 14.5. The fourth-order valence-electron chi connectivity index (χ4n) is 14.0. The molecule has 0 radical (unpaired) electrons. The van der Waals surface area contributed by atoms with Gasteiger partial charge in [0.1, 0.15) is 11.1 Å². The van der Waals surface area contributed by atoms with Crippen molar-refractivity contribution >= 4 is 52.7 Å². The standard InChI is InChI=1S/C59H68Cl2O8/c1-35(2)14-12-15-36(3)47-24-25-48-44-23-22-42-30-37(26-28-58(42,4)49(44)27-29-59(47,48)5)16-13-21-43(40-31-45(54(62)63)52(50(60)33-40)68-56(66)38-17-8-6-9-18-38)41-32-46(55(64)65)53(51(61)34-41)69-57(67)39-19-10-7-11-20-39/h6-11,17-21,31-37,42,44,47-49H,12-16,22-30H2,1-5H3,(H,62,63)(H,64,65)/t36-,37+,42+,44+,47-,48+,49+,58+,59-/m1/s1. The molecule has 4 aromatic carbocycles. The molecule has 4 aromatic rings. The highest BCUT2D eigenvalue weighted by Gasteiger charge is 2.60. The van der Waals surface area contributed by atoms with E-state index in [0.717, 1.165) is 48.3 Å². The van der Waals surface area contributed by atoms with Crippen molar-refractivity contribution in [2.24, 2.45) is 58.2 Å². The van der Waals surface area contributed by atoms with Crippen LogP contribution in [0.15, 0.2) is 91.0 Å². The number of ether oxygens (including phenoxy) is 2. The zero-order chi connectivity index (χ0) is 49.2. The summed E-state index contributed by atoms with van der Waals surface area (Å²) in [6, 6.07) is 22.2. The van der Waals surface area contributed by atoms with Gasteiger partial charge in [-0.2, -0.15) is 0 Å². The molecule has 0 aliphatic heterocycles. The van der Waals surface area contributed by atoms with Crippen LogP contribution in [0.1, 0.15) is 177 Å². The van der Waals surface area contributed by atoms with Gasteiger partial charge in [0.25, 0.3) is 0 Å². The summed E-state index contributed by atoms with van der Waals surface area (Å²) in [4.78, 5) is 52.0. The summed E-state index contributed by atoms with van der Waals surface area (Å²) in [5, 5.41) is 20.7. The van der Waals surface area contributed by atoms with Gasteiger partial charge in [-0.1, -0.05) is 120 Å². The molecule has 0 saturated heterocycles. The molecule has 0 unspecified atom stereocenters. The van der Waals surface area contributed by atoms with Crippen LogP contribution in [0.5, 0.6) is 11.5 Å². The van der Waals surface area contributed by atoms with E-state index >= 15 is 0 Å². The molecule has 69 heavy (non-hydrogen) atoms. The first kappa shape index (κ1) is 50.5. The quantitative estimate of drug-likeness (QED) is 0.0839. The van der Waals surface area contributed by atoms with Crippen LogP contribution in [-0.4, -0.2) is 34.1 Å². The van der Waals surface area contributed by atoms with Gasteiger partial charge in [-0.05, 0) is 194 Å². The van der Waals surface area contributed by atoms with Crippen LogP contribution < -0.4 is 9.47 Å². The van der Waals surface area contributed by atoms with E-state index in [9.17, 15) is 29.4 Å². The lowest BCUT2D eigenvalue weighted by atomic mass is 9.44. The predicted octanol–water partition coefficient (Wildman–Crippen LogP) is 15.8. The van der Waals surface area contributed by atoms with Crippen LogP contribution >= 0.6 is 23.2 Å². The van der Waals surface area contributed by atoms with Gasteiger partial charge in [-0.3, -0.25) is 0 Å². The maximum absolute atomic E-state index is 13.1. The molecular weight excluding hydrogens is 908 g/mol. The summed E-state index contributed by atoms with van der Waals surface area (Å²) < 4.78 is 11.2. The van der Waals surface area contributed by atoms with E-state index in [1.54, 1.807) is 60.7 Å². The Hall–Kier alpha value is -4.92. The van der Waals surface area contributed by atoms with Gasteiger partial charge in [-0.15, -0.1) is 0 Å². The van der Waals surface area contributed by atoms with Crippen LogP contribution in [0.3, 0.4) is 0 Å². The number of carbonyl (C=O) groups excluding carboxylic acids is 2. The van der Waals surface area contributed by atoms with Crippen molar-refractivity contribution in [3.63, 3.8) is 0 Å². The number of fused-ring (bicyclic) bond motifs is 5. The van der Waals surface area contributed by atoms with E-state index in [4.69, 9.17) is 32.7 Å². The number of carbonyl (C=O) groups is 4. The molecule has 0 spiro atoms. The Bertz CT molecular complexity index is 2450. The maximum Gasteiger partial charge on any atom is 0.343 e. The molecule has 8 nitrogen and oxygen atoms in total. The van der Waals surface area contributed by atoms with Gasteiger partial charge in [0.05, 0.1) is 21.2 Å². The molecule has 0 aromatic heterocycles. The zero-order valence-corrected chi connectivity index (χ0v) is 42.3. The molecule has 9 atom stereocenters. The summed E-state index contributed by atoms with van der Waals surface area (Å²) in [6.07, 6.45) is 19.2. The van der Waals surface area contributed by atoms with E-state index in [1.165, 1.54) is 94.9 Å². The first-order valence-electron chi connectivity index (χ1n) is 25.4. The Kier molecular flexibility index (Phi) is 15.5. The lowest BCUT2D eigenvalue weighted by molar-refractivity contribution is -0.121. The zero-order valence-electron chi connectivity index (χ0n) is 40.8. The Morgan fingerprint density at radius 2 is 1.20 bits per heavy atom. The molecule has 0 amide bonds. The largest absolute Gasteiger partial charge is 0.478 e. The molecule has 4 aliphatic carbocycles. The van der Waals surface area contributed by atoms with Crippen molar-refractivity contribution < 1.29 is 38.9 Å². The van der Waals surface area contributed by atoms with Crippen molar-refractivity contribution in [1.29, 1.82) is 0 Å². The Morgan fingerprint density at radius 1 is 0.667 bits per heavy atom. The van der Waals surface area contributed by atoms with Crippen LogP contribution in [-0.2, 0) is 0 Å². The number of carboxylic acid groups (broad SMARTS) is 2. The number of allylic oxidation sites excluding steroid dienone is 1. The number of halogens is 2. The number of hydrogen-bond acceptors (Lipinski definition) is 6. The highest BCUT2D eigenvalue weighted by molar-refractivity contribution is 6.34. The third-order valence-electron chi connectivity index (χ3n) is 17.5. The minimum absolute atomic E-state index is 0.118. The Balaban J connectivity index is 1.04. The van der Waals surface area contributed by atoms with Gasteiger partial charge in [0, 0.05) is 0 Å². The molecule has 0 bridgehead atoms. The second-order valence-electron chi connectivity index (χ2n) is 21.8. The number of benzene rings is 4. The van der Waals surface area contributed by atoms with Gasteiger partial charge < -0.3 is 19.7 Å². The second-order valence-corrected chi connectivity index (χ2v) is 22.6. The van der Waals surface area contributed by atoms with Gasteiger partial charge in [0.2, 0.25) is 0 Å². The summed E-state index contributed by atoms with van der Waals surface area (Å²) in [5.74, 6) is 1.12. The smallest absolute Gasteiger partial charge is 0.343 e. The van der Waals surface area contributed by atoms with E-state index in [2.05, 4.69) is 34.6 Å². The number of aromatic carboxylic acids is 2. The van der Waals surface area contributed by atoms with Crippen molar-refractivity contribution in [1.82, 2.24) is 0 Å². The second kappa shape index (κ2) is 21.2. The molecule has 10 heteroatoms. The van der Waals surface area contributed by atoms with Crippen molar-refractivity contribution in [3.8, 4) is 11.5 Å². The third-order valence-corrected chi connectivity index (χ3v) is 18.0. The molecule has 366 valence electrons. The van der Waals surface area contributed by atoms with Crippen molar-refractivity contribution in [2.75, 3.05) is 0 Å². The van der Waals surface area contributed by atoms with E-state index < -0.39 is 23.9 Å². The third kappa shape index (κ3) is 10.6. The minimum atomic E-state index is -1.37. The number of rotatable bonds is 16. The monoisotopic (exact) mass is 974 g/mol. The molecule has 4 saturated carbocycles.